The molecule has 0 saturated heterocycles. The molecule has 2 aromatic carbocycles. The maximum absolute atomic E-state index is 13.4. The van der Waals surface area contributed by atoms with E-state index in [0.717, 1.165) is 22.7 Å². The second-order valence-electron chi connectivity index (χ2n) is 6.34. The lowest BCUT2D eigenvalue weighted by Crippen LogP contribution is -2.50. The van der Waals surface area contributed by atoms with Gasteiger partial charge in [0.25, 0.3) is 5.91 Å². The van der Waals surface area contributed by atoms with Gasteiger partial charge in [0.15, 0.2) is 11.3 Å². The number of carbonyl (C=O) groups excluding carboxylic acids is 2. The molecule has 0 N–H and O–H groups in total. The van der Waals surface area contributed by atoms with Gasteiger partial charge in [-0.25, -0.2) is 0 Å². The van der Waals surface area contributed by atoms with Crippen LogP contribution in [0.3, 0.4) is 0 Å². The van der Waals surface area contributed by atoms with Crippen molar-refractivity contribution in [2.75, 3.05) is 0 Å². The third-order valence-corrected chi connectivity index (χ3v) is 4.98. The summed E-state index contributed by atoms with van der Waals surface area (Å²) in [5.74, 6) is -0.849. The Kier molecular flexibility index (Phi) is 3.37. The number of para-hydroxylation sites is 2. The Morgan fingerprint density at radius 3 is 2.64 bits per heavy atom. The summed E-state index contributed by atoms with van der Waals surface area (Å²) in [6, 6.07) is 13.0. The Bertz CT molecular complexity index is 1090. The highest BCUT2D eigenvalue weighted by Crippen LogP contribution is 2.40. The molecule has 1 unspecified atom stereocenters. The molecule has 6 heteroatoms. The number of nitrogens with zero attached hydrogens (tertiary/aromatic N) is 4. The van der Waals surface area contributed by atoms with Gasteiger partial charge in [0.1, 0.15) is 0 Å². The highest BCUT2D eigenvalue weighted by atomic mass is 16.2. The molecule has 3 aromatic rings. The first-order valence-electron chi connectivity index (χ1n) is 8.33. The fourth-order valence-corrected chi connectivity index (χ4v) is 3.79. The van der Waals surface area contributed by atoms with E-state index in [9.17, 15) is 9.59 Å². The average molecular weight is 332 g/mol. The van der Waals surface area contributed by atoms with Crippen molar-refractivity contribution in [2.24, 2.45) is 5.11 Å². The lowest BCUT2D eigenvalue weighted by Gasteiger charge is -2.31. The number of hydrogen-bond donors (Lipinski definition) is 0. The van der Waals surface area contributed by atoms with Gasteiger partial charge in [0.2, 0.25) is 0 Å². The number of fused-ring (bicyclic) bond motifs is 3. The Morgan fingerprint density at radius 1 is 1.12 bits per heavy atom. The second kappa shape index (κ2) is 5.46. The molecule has 2 heterocycles. The van der Waals surface area contributed by atoms with Crippen LogP contribution in [-0.4, -0.2) is 21.8 Å². The molecule has 124 valence electrons. The van der Waals surface area contributed by atoms with Crippen molar-refractivity contribution in [3.8, 4) is 0 Å². The molecule has 0 radical (unpaired) electrons. The van der Waals surface area contributed by atoms with Gasteiger partial charge >= 0.3 is 0 Å². The number of carbonyl (C=O) groups is 2. The minimum Gasteiger partial charge on any atom is -0.293 e. The van der Waals surface area contributed by atoms with Crippen LogP contribution in [0, 0.1) is 0 Å². The molecule has 25 heavy (non-hydrogen) atoms. The van der Waals surface area contributed by atoms with E-state index in [1.165, 1.54) is 0 Å². The summed E-state index contributed by atoms with van der Waals surface area (Å²) in [4.78, 5) is 29.4. The lowest BCUT2D eigenvalue weighted by molar-refractivity contribution is 0.0696. The molecule has 0 fully saturated rings. The first-order valence-corrected chi connectivity index (χ1v) is 8.33. The highest BCUT2D eigenvalue weighted by Gasteiger charge is 2.50. The zero-order valence-electron chi connectivity index (χ0n) is 13.8. The first kappa shape index (κ1) is 15.4. The van der Waals surface area contributed by atoms with Crippen molar-refractivity contribution in [3.05, 3.63) is 58.5 Å². The number of hydrogen-bond acceptors (Lipinski definition) is 3. The van der Waals surface area contributed by atoms with Crippen LogP contribution < -0.4 is 0 Å². The topological polar surface area (TPSA) is 87.8 Å². The largest absolute Gasteiger partial charge is 0.293 e. The molecule has 0 amide bonds. The predicted molar refractivity (Wildman–Crippen MR) is 95.8 cm³/mol. The maximum Gasteiger partial charge on any atom is 0.251 e. The van der Waals surface area contributed by atoms with Gasteiger partial charge < -0.3 is 0 Å². The molecule has 0 spiro atoms. The maximum atomic E-state index is 13.4. The van der Waals surface area contributed by atoms with Crippen molar-refractivity contribution in [1.82, 2.24) is 4.57 Å². The number of ketones is 1. The summed E-state index contributed by atoms with van der Waals surface area (Å²) in [5.41, 5.74) is 9.15. The molecule has 0 saturated carbocycles. The molecule has 4 rings (SSSR count). The number of benzene rings is 2. The minimum atomic E-state index is -1.70. The van der Waals surface area contributed by atoms with E-state index < -0.39 is 17.2 Å². The predicted octanol–water partition coefficient (Wildman–Crippen LogP) is 4.87. The average Bonchev–Trinajstić information content (AvgIpc) is 2.98. The van der Waals surface area contributed by atoms with Crippen LogP contribution in [0.5, 0.6) is 0 Å². The summed E-state index contributed by atoms with van der Waals surface area (Å²) < 4.78 is 1.56. The molecule has 0 aliphatic carbocycles. The van der Waals surface area contributed by atoms with Crippen LogP contribution >= 0.6 is 0 Å². The van der Waals surface area contributed by atoms with Crippen LogP contribution in [0.25, 0.3) is 32.2 Å². The molecular weight excluding hydrogens is 316 g/mol. The molecule has 0 bridgehead atoms. The zero-order valence-corrected chi connectivity index (χ0v) is 13.8. The van der Waals surface area contributed by atoms with E-state index in [2.05, 4.69) is 10.0 Å². The van der Waals surface area contributed by atoms with Crippen LogP contribution in [0.4, 0.5) is 0 Å². The van der Waals surface area contributed by atoms with Gasteiger partial charge in [-0.2, -0.15) is 0 Å². The fourth-order valence-electron chi connectivity index (χ4n) is 3.79. The van der Waals surface area contributed by atoms with Gasteiger partial charge in [-0.15, -0.1) is 0 Å². The van der Waals surface area contributed by atoms with Crippen LogP contribution in [0.2, 0.25) is 0 Å². The lowest BCUT2D eigenvalue weighted by atomic mass is 9.81. The Hall–Kier alpha value is -3.11. The molecule has 1 aromatic heterocycles. The van der Waals surface area contributed by atoms with E-state index in [1.807, 2.05) is 43.3 Å². The van der Waals surface area contributed by atoms with Gasteiger partial charge in [-0.1, -0.05) is 55.2 Å². The standard InChI is InChI=1S/C19H16N4O2/c1-2-3-11-19(21-22-20)17(24)14-9-6-8-13-12-7-4-5-10-15(12)23(16(13)14)18(19)25/h4-10H,2-3,11H2,1H3. The van der Waals surface area contributed by atoms with Crippen molar-refractivity contribution in [2.45, 2.75) is 31.7 Å². The molecule has 1 atom stereocenters. The smallest absolute Gasteiger partial charge is 0.251 e. The number of Topliss-reactive ketones (excluding diaryl/α,β-unsaturated/α-hetero) is 1. The Balaban J connectivity index is 2.14. The Labute approximate surface area is 143 Å². The van der Waals surface area contributed by atoms with Gasteiger partial charge in [0, 0.05) is 21.2 Å². The fraction of sp³-hybridized carbons (Fsp3) is 0.263. The normalized spacial score (nSPS) is 19.4. The van der Waals surface area contributed by atoms with Crippen LogP contribution in [0.1, 0.15) is 41.3 Å². The minimum absolute atomic E-state index is 0.216. The summed E-state index contributed by atoms with van der Waals surface area (Å²) in [5, 5.41) is 5.52. The quantitative estimate of drug-likeness (QED) is 0.295. The highest BCUT2D eigenvalue weighted by molar-refractivity contribution is 6.31. The van der Waals surface area contributed by atoms with Crippen molar-refractivity contribution < 1.29 is 9.59 Å². The molecule has 6 nitrogen and oxygen atoms in total. The second-order valence-corrected chi connectivity index (χ2v) is 6.34. The van der Waals surface area contributed by atoms with E-state index >= 15 is 0 Å². The monoisotopic (exact) mass is 332 g/mol. The molecule has 1 aliphatic heterocycles. The summed E-state index contributed by atoms with van der Waals surface area (Å²) in [6.07, 6.45) is 1.64. The van der Waals surface area contributed by atoms with Crippen LogP contribution in [-0.2, 0) is 0 Å². The van der Waals surface area contributed by atoms with E-state index in [4.69, 9.17) is 5.53 Å². The van der Waals surface area contributed by atoms with E-state index in [0.29, 0.717) is 17.5 Å². The molecule has 1 aliphatic rings. The molecular formula is C19H16N4O2. The third kappa shape index (κ3) is 1.88. The zero-order chi connectivity index (χ0) is 17.6. The van der Waals surface area contributed by atoms with Gasteiger partial charge in [-0.05, 0) is 24.1 Å². The Morgan fingerprint density at radius 2 is 1.88 bits per heavy atom. The number of unbranched alkanes of at least 4 members (excludes halogenated alkanes) is 1. The van der Waals surface area contributed by atoms with Crippen molar-refractivity contribution >= 4 is 33.5 Å². The number of azide groups is 1. The van der Waals surface area contributed by atoms with Crippen molar-refractivity contribution in [3.63, 3.8) is 0 Å². The summed E-state index contributed by atoms with van der Waals surface area (Å²) in [6.45, 7) is 1.97. The van der Waals surface area contributed by atoms with E-state index in [-0.39, 0.29) is 6.42 Å². The third-order valence-electron chi connectivity index (χ3n) is 4.98. The van der Waals surface area contributed by atoms with Crippen LogP contribution in [0.15, 0.2) is 47.6 Å². The number of rotatable bonds is 4. The van der Waals surface area contributed by atoms with E-state index in [1.54, 1.807) is 10.6 Å². The van der Waals surface area contributed by atoms with Gasteiger partial charge in [-0.3, -0.25) is 14.2 Å². The number of aromatic nitrogens is 1. The first-order chi connectivity index (χ1) is 12.2. The SMILES string of the molecule is CCCCC1(N=[N+]=[N-])C(=O)c2cccc3c4ccccc4n(c23)C1=O. The summed E-state index contributed by atoms with van der Waals surface area (Å²) >= 11 is 0. The van der Waals surface area contributed by atoms with Crippen molar-refractivity contribution in [1.29, 1.82) is 0 Å². The van der Waals surface area contributed by atoms with Gasteiger partial charge in [0.05, 0.1) is 11.0 Å². The summed E-state index contributed by atoms with van der Waals surface area (Å²) in [7, 11) is 0.